The molecule has 112 valence electrons. The van der Waals surface area contributed by atoms with Crippen LogP contribution in [0.2, 0.25) is 0 Å². The van der Waals surface area contributed by atoms with E-state index in [1.54, 1.807) is 0 Å². The molecule has 0 radical (unpaired) electrons. The Hall–Kier alpha value is -2.30. The number of aliphatic hydroxyl groups excluding tert-OH is 1. The van der Waals surface area contributed by atoms with Crippen molar-refractivity contribution >= 4 is 5.57 Å². The molecular formula is C21H22O. The zero-order valence-electron chi connectivity index (χ0n) is 13.0. The number of hydrogen-bond donors (Lipinski definition) is 1. The Kier molecular flexibility index (Phi) is 6.48. The standard InChI is InChI=1S/C21H22O/c1-2-3-4-7-16-20(18-12-8-5-9-13-18)17-21(22)19-14-10-6-11-15-19/h5-6,8-15,17,21-22H,2-4H2,1H3/b20-17+. The molecule has 0 fully saturated rings. The molecule has 1 unspecified atom stereocenters. The summed E-state index contributed by atoms with van der Waals surface area (Å²) in [7, 11) is 0. The van der Waals surface area contributed by atoms with Crippen LogP contribution in [0.3, 0.4) is 0 Å². The van der Waals surface area contributed by atoms with Gasteiger partial charge in [-0.15, -0.1) is 0 Å². The van der Waals surface area contributed by atoms with Gasteiger partial charge in [0.05, 0.1) is 6.10 Å². The van der Waals surface area contributed by atoms with Crippen molar-refractivity contribution < 1.29 is 5.11 Å². The fourth-order valence-electron chi connectivity index (χ4n) is 2.15. The summed E-state index contributed by atoms with van der Waals surface area (Å²) in [6, 6.07) is 19.7. The van der Waals surface area contributed by atoms with Gasteiger partial charge in [0.2, 0.25) is 0 Å². The molecule has 0 amide bonds. The van der Waals surface area contributed by atoms with Crippen molar-refractivity contribution in [3.8, 4) is 11.8 Å². The second-order valence-electron chi connectivity index (χ2n) is 5.21. The first-order valence-electron chi connectivity index (χ1n) is 7.80. The Morgan fingerprint density at radius 1 is 1.05 bits per heavy atom. The normalized spacial score (nSPS) is 12.4. The Bertz CT molecular complexity index is 645. The van der Waals surface area contributed by atoms with Gasteiger partial charge in [-0.25, -0.2) is 0 Å². The third-order valence-corrected chi connectivity index (χ3v) is 3.43. The fourth-order valence-corrected chi connectivity index (χ4v) is 2.15. The molecular weight excluding hydrogens is 268 g/mol. The van der Waals surface area contributed by atoms with Crippen molar-refractivity contribution in [1.29, 1.82) is 0 Å². The smallest absolute Gasteiger partial charge is 0.0986 e. The van der Waals surface area contributed by atoms with Gasteiger partial charge in [0, 0.05) is 12.0 Å². The topological polar surface area (TPSA) is 20.2 Å². The second-order valence-corrected chi connectivity index (χ2v) is 5.21. The van der Waals surface area contributed by atoms with E-state index in [4.69, 9.17) is 0 Å². The van der Waals surface area contributed by atoms with E-state index in [1.807, 2.05) is 66.7 Å². The Labute approximate surface area is 133 Å². The Morgan fingerprint density at radius 2 is 1.68 bits per heavy atom. The van der Waals surface area contributed by atoms with Gasteiger partial charge in [-0.1, -0.05) is 85.8 Å². The van der Waals surface area contributed by atoms with Gasteiger partial charge in [-0.2, -0.15) is 0 Å². The molecule has 0 aliphatic heterocycles. The molecule has 2 aromatic rings. The van der Waals surface area contributed by atoms with Gasteiger partial charge in [0.1, 0.15) is 0 Å². The lowest BCUT2D eigenvalue weighted by Crippen LogP contribution is -1.94. The minimum Gasteiger partial charge on any atom is -0.384 e. The summed E-state index contributed by atoms with van der Waals surface area (Å²) in [5.74, 6) is 6.43. The van der Waals surface area contributed by atoms with Gasteiger partial charge in [-0.3, -0.25) is 0 Å². The van der Waals surface area contributed by atoms with E-state index in [2.05, 4.69) is 18.8 Å². The second kappa shape index (κ2) is 8.87. The number of unbranched alkanes of at least 4 members (excludes halogenated alkanes) is 2. The fraction of sp³-hybridized carbons (Fsp3) is 0.238. The Balaban J connectivity index is 2.27. The number of aliphatic hydroxyl groups is 1. The van der Waals surface area contributed by atoms with Crippen molar-refractivity contribution in [3.05, 3.63) is 77.9 Å². The van der Waals surface area contributed by atoms with Crippen molar-refractivity contribution in [2.75, 3.05) is 0 Å². The molecule has 1 heteroatoms. The molecule has 0 aliphatic rings. The van der Waals surface area contributed by atoms with Crippen molar-refractivity contribution in [2.45, 2.75) is 32.3 Å². The molecule has 22 heavy (non-hydrogen) atoms. The molecule has 2 aromatic carbocycles. The summed E-state index contributed by atoms with van der Waals surface area (Å²) in [5, 5.41) is 10.4. The Morgan fingerprint density at radius 3 is 2.32 bits per heavy atom. The van der Waals surface area contributed by atoms with Crippen molar-refractivity contribution in [1.82, 2.24) is 0 Å². The summed E-state index contributed by atoms with van der Waals surface area (Å²) in [6.07, 6.45) is 4.34. The van der Waals surface area contributed by atoms with E-state index in [-0.39, 0.29) is 0 Å². The highest BCUT2D eigenvalue weighted by atomic mass is 16.3. The largest absolute Gasteiger partial charge is 0.384 e. The minimum atomic E-state index is -0.642. The molecule has 0 bridgehead atoms. The molecule has 0 aliphatic carbocycles. The molecule has 2 rings (SSSR count). The van der Waals surface area contributed by atoms with E-state index in [9.17, 15) is 5.11 Å². The van der Waals surface area contributed by atoms with Crippen molar-refractivity contribution in [2.24, 2.45) is 0 Å². The molecule has 0 saturated carbocycles. The highest BCUT2D eigenvalue weighted by molar-refractivity contribution is 5.79. The van der Waals surface area contributed by atoms with Crippen LogP contribution in [0.5, 0.6) is 0 Å². The predicted molar refractivity (Wildman–Crippen MR) is 93.1 cm³/mol. The maximum Gasteiger partial charge on any atom is 0.0986 e. The predicted octanol–water partition coefficient (Wildman–Crippen LogP) is 5.00. The van der Waals surface area contributed by atoms with Crippen LogP contribution in [0.15, 0.2) is 66.7 Å². The molecule has 1 nitrogen and oxygen atoms in total. The molecule has 0 saturated heterocycles. The molecule has 0 spiro atoms. The lowest BCUT2D eigenvalue weighted by molar-refractivity contribution is 0.229. The first-order chi connectivity index (χ1) is 10.8. The van der Waals surface area contributed by atoms with E-state index < -0.39 is 6.10 Å². The van der Waals surface area contributed by atoms with E-state index >= 15 is 0 Å². The van der Waals surface area contributed by atoms with Crippen LogP contribution in [0, 0.1) is 11.8 Å². The lowest BCUT2D eigenvalue weighted by atomic mass is 10.0. The first kappa shape index (κ1) is 16.1. The minimum absolute atomic E-state index is 0.642. The highest BCUT2D eigenvalue weighted by Crippen LogP contribution is 2.21. The zero-order valence-corrected chi connectivity index (χ0v) is 13.0. The van der Waals surface area contributed by atoms with Crippen LogP contribution in [0.1, 0.15) is 43.4 Å². The van der Waals surface area contributed by atoms with Gasteiger partial charge in [-0.05, 0) is 23.6 Å². The first-order valence-corrected chi connectivity index (χ1v) is 7.80. The molecule has 0 aromatic heterocycles. The van der Waals surface area contributed by atoms with E-state index in [0.717, 1.165) is 36.0 Å². The summed E-state index contributed by atoms with van der Waals surface area (Å²) in [6.45, 7) is 2.16. The SMILES string of the molecule is CCCCC#C/C(=C\C(O)c1ccccc1)c1ccccc1. The zero-order chi connectivity index (χ0) is 15.6. The van der Waals surface area contributed by atoms with Crippen LogP contribution in [-0.4, -0.2) is 5.11 Å². The third kappa shape index (κ3) is 4.91. The number of hydrogen-bond acceptors (Lipinski definition) is 1. The maximum atomic E-state index is 10.4. The maximum absolute atomic E-state index is 10.4. The lowest BCUT2D eigenvalue weighted by Gasteiger charge is -2.08. The van der Waals surface area contributed by atoms with Gasteiger partial charge < -0.3 is 5.11 Å². The number of benzene rings is 2. The summed E-state index contributed by atoms with van der Waals surface area (Å²) in [4.78, 5) is 0. The van der Waals surface area contributed by atoms with E-state index in [1.165, 1.54) is 0 Å². The number of rotatable bonds is 5. The summed E-state index contributed by atoms with van der Waals surface area (Å²) >= 11 is 0. The highest BCUT2D eigenvalue weighted by Gasteiger charge is 2.06. The van der Waals surface area contributed by atoms with Crippen LogP contribution in [0.25, 0.3) is 5.57 Å². The summed E-state index contributed by atoms with van der Waals surface area (Å²) < 4.78 is 0. The van der Waals surface area contributed by atoms with E-state index in [0.29, 0.717) is 0 Å². The van der Waals surface area contributed by atoms with Crippen LogP contribution in [-0.2, 0) is 0 Å². The monoisotopic (exact) mass is 290 g/mol. The molecule has 0 heterocycles. The summed E-state index contributed by atoms with van der Waals surface area (Å²) in [5.41, 5.74) is 2.81. The average molecular weight is 290 g/mol. The third-order valence-electron chi connectivity index (χ3n) is 3.43. The van der Waals surface area contributed by atoms with Crippen molar-refractivity contribution in [3.63, 3.8) is 0 Å². The quantitative estimate of drug-likeness (QED) is 0.607. The van der Waals surface area contributed by atoms with Gasteiger partial charge in [0.15, 0.2) is 0 Å². The molecule has 1 N–H and O–H groups in total. The van der Waals surface area contributed by atoms with Gasteiger partial charge >= 0.3 is 0 Å². The van der Waals surface area contributed by atoms with Crippen LogP contribution < -0.4 is 0 Å². The average Bonchev–Trinajstić information content (AvgIpc) is 2.59. The molecule has 1 atom stereocenters. The van der Waals surface area contributed by atoms with Crippen LogP contribution >= 0.6 is 0 Å². The van der Waals surface area contributed by atoms with Crippen LogP contribution in [0.4, 0.5) is 0 Å². The number of allylic oxidation sites excluding steroid dienone is 1. The van der Waals surface area contributed by atoms with Gasteiger partial charge in [0.25, 0.3) is 0 Å².